The van der Waals surface area contributed by atoms with Gasteiger partial charge in [-0.1, -0.05) is 60.1 Å². The van der Waals surface area contributed by atoms with Gasteiger partial charge < -0.3 is 4.98 Å². The maximum absolute atomic E-state index is 12.2. The number of aromatic amines is 1. The van der Waals surface area contributed by atoms with Gasteiger partial charge in [0.05, 0.1) is 16.8 Å². The van der Waals surface area contributed by atoms with Crippen LogP contribution in [0.4, 0.5) is 0 Å². The van der Waals surface area contributed by atoms with Crippen LogP contribution in [0.15, 0.2) is 70.9 Å². The number of amides is 1. The first-order chi connectivity index (χ1) is 11.2. The molecule has 23 heavy (non-hydrogen) atoms. The molecule has 0 atom stereocenters. The Hall–Kier alpha value is -2.85. The monoisotopic (exact) mass is 323 g/mol. The quantitative estimate of drug-likeness (QED) is 0.549. The Morgan fingerprint density at radius 1 is 1.09 bits per heavy atom. The summed E-state index contributed by atoms with van der Waals surface area (Å²) in [4.78, 5) is 15.2. The lowest BCUT2D eigenvalue weighted by molar-refractivity contribution is 0.0957. The van der Waals surface area contributed by atoms with Crippen LogP contribution in [0.5, 0.6) is 0 Å². The molecule has 4 nitrogen and oxygen atoms in total. The molecule has 114 valence electrons. The summed E-state index contributed by atoms with van der Waals surface area (Å²) in [5.41, 5.74) is 4.89. The van der Waals surface area contributed by atoms with Gasteiger partial charge in [0.2, 0.25) is 0 Å². The van der Waals surface area contributed by atoms with Crippen molar-refractivity contribution in [2.75, 3.05) is 0 Å². The molecule has 3 aromatic rings. The second kappa shape index (κ2) is 6.94. The predicted octanol–water partition coefficient (Wildman–Crippen LogP) is 4.16. The van der Waals surface area contributed by atoms with Gasteiger partial charge in [-0.05, 0) is 17.7 Å². The molecule has 0 saturated carbocycles. The number of benzene rings is 2. The second-order valence-corrected chi connectivity index (χ2v) is 5.32. The van der Waals surface area contributed by atoms with Crippen molar-refractivity contribution >= 4 is 40.7 Å². The first kappa shape index (κ1) is 15.1. The molecular formula is C18H14ClN3O. The molecule has 1 amide bonds. The van der Waals surface area contributed by atoms with Crippen molar-refractivity contribution in [3.05, 3.63) is 77.0 Å². The number of hydrogen-bond donors (Lipinski definition) is 2. The molecule has 0 spiro atoms. The van der Waals surface area contributed by atoms with E-state index in [1.807, 2.05) is 54.6 Å². The lowest BCUT2D eigenvalue weighted by Crippen LogP contribution is -2.17. The normalized spacial score (nSPS) is 12.0. The largest absolute Gasteiger partial charge is 0.360 e. The van der Waals surface area contributed by atoms with Crippen LogP contribution in [0.3, 0.4) is 0 Å². The SMILES string of the molecule is O=C(NN=CC(Cl)=Cc1ccccc1)c1c[nH]c2ccccc12. The minimum absolute atomic E-state index is 0.289. The fraction of sp³-hybridized carbons (Fsp3) is 0. The highest BCUT2D eigenvalue weighted by Crippen LogP contribution is 2.17. The third-order valence-corrected chi connectivity index (χ3v) is 3.50. The maximum atomic E-state index is 12.2. The van der Waals surface area contributed by atoms with E-state index < -0.39 is 0 Å². The number of halogens is 1. The molecule has 1 heterocycles. The zero-order chi connectivity index (χ0) is 16.1. The lowest BCUT2D eigenvalue weighted by Gasteiger charge is -1.98. The summed E-state index contributed by atoms with van der Waals surface area (Å²) in [6, 6.07) is 17.2. The summed E-state index contributed by atoms with van der Waals surface area (Å²) in [5, 5.41) is 5.17. The molecule has 0 fully saturated rings. The van der Waals surface area contributed by atoms with E-state index in [9.17, 15) is 4.79 Å². The third kappa shape index (κ3) is 3.67. The number of rotatable bonds is 4. The molecule has 0 aliphatic rings. The van der Waals surface area contributed by atoms with E-state index in [1.54, 1.807) is 12.3 Å². The van der Waals surface area contributed by atoms with Crippen molar-refractivity contribution in [3.63, 3.8) is 0 Å². The van der Waals surface area contributed by atoms with Crippen molar-refractivity contribution in [2.24, 2.45) is 5.10 Å². The van der Waals surface area contributed by atoms with Gasteiger partial charge in [-0.3, -0.25) is 4.79 Å². The molecular weight excluding hydrogens is 310 g/mol. The van der Waals surface area contributed by atoms with Crippen LogP contribution >= 0.6 is 11.6 Å². The van der Waals surface area contributed by atoms with Crippen molar-refractivity contribution in [2.45, 2.75) is 0 Å². The summed E-state index contributed by atoms with van der Waals surface area (Å²) in [5.74, 6) is -0.289. The van der Waals surface area contributed by atoms with Crippen LogP contribution < -0.4 is 5.43 Å². The molecule has 0 unspecified atom stereocenters. The number of hydrazone groups is 1. The zero-order valence-electron chi connectivity index (χ0n) is 12.2. The number of aromatic nitrogens is 1. The number of para-hydroxylation sites is 1. The van der Waals surface area contributed by atoms with Crippen LogP contribution in [0.1, 0.15) is 15.9 Å². The average Bonchev–Trinajstić information content (AvgIpc) is 3.00. The van der Waals surface area contributed by atoms with E-state index in [2.05, 4.69) is 15.5 Å². The number of nitrogens with one attached hydrogen (secondary N) is 2. The van der Waals surface area contributed by atoms with Crippen molar-refractivity contribution in [1.82, 2.24) is 10.4 Å². The molecule has 0 aliphatic heterocycles. The summed E-state index contributed by atoms with van der Waals surface area (Å²) in [6.07, 6.45) is 4.83. The summed E-state index contributed by atoms with van der Waals surface area (Å²) in [7, 11) is 0. The molecule has 5 heteroatoms. The fourth-order valence-electron chi connectivity index (χ4n) is 2.22. The van der Waals surface area contributed by atoms with E-state index in [1.165, 1.54) is 6.21 Å². The van der Waals surface area contributed by atoms with Gasteiger partial charge in [0.1, 0.15) is 0 Å². The molecule has 2 N–H and O–H groups in total. The Morgan fingerprint density at radius 2 is 1.83 bits per heavy atom. The van der Waals surface area contributed by atoms with Crippen molar-refractivity contribution in [3.8, 4) is 0 Å². The molecule has 0 aliphatic carbocycles. The standard InChI is InChI=1S/C18H14ClN3O/c19-14(10-13-6-2-1-3-7-13)11-21-22-18(23)16-12-20-17-9-5-4-8-15(16)17/h1-12,20H,(H,22,23). The van der Waals surface area contributed by atoms with Crippen LogP contribution in [0, 0.1) is 0 Å². The Morgan fingerprint density at radius 3 is 2.65 bits per heavy atom. The third-order valence-electron chi connectivity index (χ3n) is 3.29. The number of nitrogens with zero attached hydrogens (tertiary/aromatic N) is 1. The molecule has 0 radical (unpaired) electrons. The molecule has 1 aromatic heterocycles. The van der Waals surface area contributed by atoms with Crippen LogP contribution in [-0.2, 0) is 0 Å². The van der Waals surface area contributed by atoms with Crippen molar-refractivity contribution in [1.29, 1.82) is 0 Å². The lowest BCUT2D eigenvalue weighted by atomic mass is 10.2. The minimum Gasteiger partial charge on any atom is -0.360 e. The molecule has 0 bridgehead atoms. The topological polar surface area (TPSA) is 57.2 Å². The number of carbonyl (C=O) groups excluding carboxylic acids is 1. The summed E-state index contributed by atoms with van der Waals surface area (Å²) >= 11 is 6.07. The van der Waals surface area contributed by atoms with Crippen molar-refractivity contribution < 1.29 is 4.79 Å². The highest BCUT2D eigenvalue weighted by molar-refractivity contribution is 6.41. The molecule has 2 aromatic carbocycles. The van der Waals surface area contributed by atoms with Crippen LogP contribution in [0.25, 0.3) is 17.0 Å². The van der Waals surface area contributed by atoms with Crippen LogP contribution in [0.2, 0.25) is 0 Å². The van der Waals surface area contributed by atoms with Gasteiger partial charge in [-0.15, -0.1) is 0 Å². The smallest absolute Gasteiger partial charge is 0.273 e. The second-order valence-electron chi connectivity index (χ2n) is 4.89. The van der Waals surface area contributed by atoms with Gasteiger partial charge in [0.25, 0.3) is 5.91 Å². The van der Waals surface area contributed by atoms with E-state index in [0.29, 0.717) is 10.6 Å². The Balaban J connectivity index is 1.68. The van der Waals surface area contributed by atoms with Gasteiger partial charge in [0.15, 0.2) is 0 Å². The Kier molecular flexibility index (Phi) is 4.54. The summed E-state index contributed by atoms with van der Waals surface area (Å²) < 4.78 is 0. The maximum Gasteiger partial charge on any atom is 0.273 e. The number of hydrogen-bond acceptors (Lipinski definition) is 2. The molecule has 3 rings (SSSR count). The first-order valence-corrected chi connectivity index (χ1v) is 7.43. The fourth-order valence-corrected chi connectivity index (χ4v) is 2.39. The number of allylic oxidation sites excluding steroid dienone is 1. The average molecular weight is 324 g/mol. The number of carbonyl (C=O) groups is 1. The van der Waals surface area contributed by atoms with Gasteiger partial charge in [-0.25, -0.2) is 5.43 Å². The minimum atomic E-state index is -0.289. The predicted molar refractivity (Wildman–Crippen MR) is 94.5 cm³/mol. The van der Waals surface area contributed by atoms with Gasteiger partial charge in [0, 0.05) is 17.1 Å². The van der Waals surface area contributed by atoms with Crippen LogP contribution in [-0.4, -0.2) is 17.1 Å². The Bertz CT molecular complexity index is 881. The molecule has 0 saturated heterocycles. The zero-order valence-corrected chi connectivity index (χ0v) is 12.9. The Labute approximate surface area is 138 Å². The first-order valence-electron chi connectivity index (χ1n) is 7.06. The van der Waals surface area contributed by atoms with Gasteiger partial charge >= 0.3 is 0 Å². The van der Waals surface area contributed by atoms with Gasteiger partial charge in [-0.2, -0.15) is 5.10 Å². The highest BCUT2D eigenvalue weighted by atomic mass is 35.5. The van der Waals surface area contributed by atoms with E-state index >= 15 is 0 Å². The van der Waals surface area contributed by atoms with E-state index in [4.69, 9.17) is 11.6 Å². The van der Waals surface area contributed by atoms with E-state index in [0.717, 1.165) is 16.5 Å². The highest BCUT2D eigenvalue weighted by Gasteiger charge is 2.10. The van der Waals surface area contributed by atoms with E-state index in [-0.39, 0.29) is 5.91 Å². The summed E-state index contributed by atoms with van der Waals surface area (Å²) in [6.45, 7) is 0. The number of H-pyrrole nitrogens is 1. The number of fused-ring (bicyclic) bond motifs is 1.